The van der Waals surface area contributed by atoms with Gasteiger partial charge in [0.25, 0.3) is 0 Å². The summed E-state index contributed by atoms with van der Waals surface area (Å²) in [6.07, 6.45) is 2.42. The SMILES string of the molecule is CC(C)C(CCO)NC(=O)C1(CN)CC1. The molecule has 1 atom stereocenters. The molecule has 1 saturated carbocycles. The molecule has 0 saturated heterocycles. The van der Waals surface area contributed by atoms with Gasteiger partial charge in [0.2, 0.25) is 5.91 Å². The molecule has 1 rings (SSSR count). The molecule has 15 heavy (non-hydrogen) atoms. The van der Waals surface area contributed by atoms with Gasteiger partial charge in [-0.15, -0.1) is 0 Å². The van der Waals surface area contributed by atoms with Crippen LogP contribution in [0.4, 0.5) is 0 Å². The van der Waals surface area contributed by atoms with Crippen molar-refractivity contribution in [2.45, 2.75) is 39.2 Å². The zero-order chi connectivity index (χ0) is 11.5. The lowest BCUT2D eigenvalue weighted by molar-refractivity contribution is -0.127. The van der Waals surface area contributed by atoms with Gasteiger partial charge >= 0.3 is 0 Å². The van der Waals surface area contributed by atoms with E-state index in [0.29, 0.717) is 18.9 Å². The third-order valence-corrected chi connectivity index (χ3v) is 3.29. The minimum absolute atomic E-state index is 0.0616. The van der Waals surface area contributed by atoms with E-state index in [0.717, 1.165) is 12.8 Å². The molecule has 0 aliphatic heterocycles. The van der Waals surface area contributed by atoms with Crippen molar-refractivity contribution in [2.24, 2.45) is 17.1 Å². The van der Waals surface area contributed by atoms with Gasteiger partial charge in [-0.3, -0.25) is 4.79 Å². The van der Waals surface area contributed by atoms with Gasteiger partial charge in [-0.2, -0.15) is 0 Å². The largest absolute Gasteiger partial charge is 0.396 e. The van der Waals surface area contributed by atoms with Gasteiger partial charge in [0.15, 0.2) is 0 Å². The number of amides is 1. The van der Waals surface area contributed by atoms with E-state index in [-0.39, 0.29) is 24.0 Å². The monoisotopic (exact) mass is 214 g/mol. The Bertz CT molecular complexity index is 225. The van der Waals surface area contributed by atoms with Crippen molar-refractivity contribution >= 4 is 5.91 Å². The van der Waals surface area contributed by atoms with Gasteiger partial charge in [0.1, 0.15) is 0 Å². The predicted octanol–water partition coefficient (Wildman–Crippen LogP) is 0.249. The first-order chi connectivity index (χ1) is 7.05. The standard InChI is InChI=1S/C11H22N2O2/c1-8(2)9(3-6-14)13-10(15)11(7-12)4-5-11/h8-9,14H,3-7,12H2,1-2H3,(H,13,15). The number of nitrogens with two attached hydrogens (primary N) is 1. The van der Waals surface area contributed by atoms with E-state index in [1.807, 2.05) is 13.8 Å². The van der Waals surface area contributed by atoms with Crippen molar-refractivity contribution in [1.82, 2.24) is 5.32 Å². The Morgan fingerprint density at radius 1 is 1.53 bits per heavy atom. The summed E-state index contributed by atoms with van der Waals surface area (Å²) < 4.78 is 0. The lowest BCUT2D eigenvalue weighted by Gasteiger charge is -2.24. The maximum atomic E-state index is 11.9. The molecule has 0 spiro atoms. The maximum absolute atomic E-state index is 11.9. The minimum atomic E-state index is -0.289. The summed E-state index contributed by atoms with van der Waals surface area (Å²) in [4.78, 5) is 11.9. The van der Waals surface area contributed by atoms with Crippen LogP contribution < -0.4 is 11.1 Å². The molecule has 4 N–H and O–H groups in total. The first-order valence-electron chi connectivity index (χ1n) is 5.67. The highest BCUT2D eigenvalue weighted by atomic mass is 16.3. The van der Waals surface area contributed by atoms with Crippen molar-refractivity contribution in [3.05, 3.63) is 0 Å². The summed E-state index contributed by atoms with van der Waals surface area (Å²) in [6.45, 7) is 4.63. The second kappa shape index (κ2) is 4.94. The van der Waals surface area contributed by atoms with Crippen LogP contribution in [0.15, 0.2) is 0 Å². The molecule has 0 aromatic heterocycles. The second-order valence-corrected chi connectivity index (χ2v) is 4.82. The molecule has 0 bridgehead atoms. The molecule has 0 aromatic carbocycles. The zero-order valence-electron chi connectivity index (χ0n) is 9.62. The Balaban J connectivity index is 2.47. The molecule has 1 fully saturated rings. The quantitative estimate of drug-likeness (QED) is 0.593. The lowest BCUT2D eigenvalue weighted by atomic mass is 9.99. The van der Waals surface area contributed by atoms with E-state index in [1.165, 1.54) is 0 Å². The van der Waals surface area contributed by atoms with Crippen LogP contribution in [0.1, 0.15) is 33.1 Å². The summed E-state index contributed by atoms with van der Waals surface area (Å²) in [6, 6.07) is 0.0616. The van der Waals surface area contributed by atoms with Crippen LogP contribution in [0.25, 0.3) is 0 Å². The van der Waals surface area contributed by atoms with E-state index < -0.39 is 0 Å². The van der Waals surface area contributed by atoms with E-state index in [2.05, 4.69) is 5.32 Å². The van der Waals surface area contributed by atoms with Crippen molar-refractivity contribution in [3.8, 4) is 0 Å². The van der Waals surface area contributed by atoms with Gasteiger partial charge in [0, 0.05) is 19.2 Å². The van der Waals surface area contributed by atoms with E-state index in [4.69, 9.17) is 10.8 Å². The summed E-state index contributed by atoms with van der Waals surface area (Å²) in [7, 11) is 0. The summed E-state index contributed by atoms with van der Waals surface area (Å²) in [5.74, 6) is 0.409. The van der Waals surface area contributed by atoms with Crippen LogP contribution in [-0.4, -0.2) is 30.2 Å². The lowest BCUT2D eigenvalue weighted by Crippen LogP contribution is -2.45. The van der Waals surface area contributed by atoms with Gasteiger partial charge in [-0.05, 0) is 25.2 Å². The van der Waals surface area contributed by atoms with E-state index in [9.17, 15) is 4.79 Å². The van der Waals surface area contributed by atoms with Crippen LogP contribution >= 0.6 is 0 Å². The maximum Gasteiger partial charge on any atom is 0.227 e. The highest BCUT2D eigenvalue weighted by Crippen LogP contribution is 2.44. The molecule has 1 unspecified atom stereocenters. The fourth-order valence-corrected chi connectivity index (χ4v) is 1.71. The first kappa shape index (κ1) is 12.5. The van der Waals surface area contributed by atoms with Crippen LogP contribution in [0.2, 0.25) is 0 Å². The van der Waals surface area contributed by atoms with Crippen LogP contribution in [0.5, 0.6) is 0 Å². The fraction of sp³-hybridized carbons (Fsp3) is 0.909. The Kier molecular flexibility index (Phi) is 4.11. The third kappa shape index (κ3) is 2.92. The minimum Gasteiger partial charge on any atom is -0.396 e. The number of aliphatic hydroxyl groups is 1. The number of nitrogens with one attached hydrogen (secondary N) is 1. The number of carbonyl (C=O) groups excluding carboxylic acids is 1. The van der Waals surface area contributed by atoms with E-state index in [1.54, 1.807) is 0 Å². The molecule has 0 aromatic rings. The molecular weight excluding hydrogens is 192 g/mol. The summed E-state index contributed by atoms with van der Waals surface area (Å²) in [5, 5.41) is 11.9. The van der Waals surface area contributed by atoms with E-state index >= 15 is 0 Å². The smallest absolute Gasteiger partial charge is 0.227 e. The average Bonchev–Trinajstić information content (AvgIpc) is 2.97. The number of rotatable bonds is 6. The Labute approximate surface area is 91.2 Å². The molecule has 4 heteroatoms. The highest BCUT2D eigenvalue weighted by Gasteiger charge is 2.48. The van der Waals surface area contributed by atoms with Gasteiger partial charge in [0.05, 0.1) is 5.41 Å². The normalized spacial score (nSPS) is 20.1. The number of aliphatic hydroxyl groups excluding tert-OH is 1. The Morgan fingerprint density at radius 3 is 2.47 bits per heavy atom. The Morgan fingerprint density at radius 2 is 2.13 bits per heavy atom. The van der Waals surface area contributed by atoms with Crippen molar-refractivity contribution < 1.29 is 9.90 Å². The molecule has 88 valence electrons. The topological polar surface area (TPSA) is 75.3 Å². The van der Waals surface area contributed by atoms with Crippen molar-refractivity contribution in [3.63, 3.8) is 0 Å². The summed E-state index contributed by atoms with van der Waals surface area (Å²) in [5.41, 5.74) is 5.30. The third-order valence-electron chi connectivity index (χ3n) is 3.29. The molecule has 1 amide bonds. The molecular formula is C11H22N2O2. The van der Waals surface area contributed by atoms with Gasteiger partial charge < -0.3 is 16.2 Å². The summed E-state index contributed by atoms with van der Waals surface area (Å²) >= 11 is 0. The molecule has 1 aliphatic rings. The average molecular weight is 214 g/mol. The van der Waals surface area contributed by atoms with Gasteiger partial charge in [-0.1, -0.05) is 13.8 Å². The molecule has 4 nitrogen and oxygen atoms in total. The predicted molar refractivity (Wildman–Crippen MR) is 59.2 cm³/mol. The van der Waals surface area contributed by atoms with Crippen LogP contribution in [0, 0.1) is 11.3 Å². The van der Waals surface area contributed by atoms with Crippen molar-refractivity contribution in [1.29, 1.82) is 0 Å². The second-order valence-electron chi connectivity index (χ2n) is 4.82. The van der Waals surface area contributed by atoms with Crippen molar-refractivity contribution in [2.75, 3.05) is 13.2 Å². The van der Waals surface area contributed by atoms with Crippen LogP contribution in [0.3, 0.4) is 0 Å². The number of carbonyl (C=O) groups is 1. The molecule has 1 aliphatic carbocycles. The number of hydrogen-bond donors (Lipinski definition) is 3. The van der Waals surface area contributed by atoms with Gasteiger partial charge in [-0.25, -0.2) is 0 Å². The fourth-order valence-electron chi connectivity index (χ4n) is 1.71. The molecule has 0 heterocycles. The highest BCUT2D eigenvalue weighted by molar-refractivity contribution is 5.85. The van der Waals surface area contributed by atoms with Crippen LogP contribution in [-0.2, 0) is 4.79 Å². The Hall–Kier alpha value is -0.610. The first-order valence-corrected chi connectivity index (χ1v) is 5.67. The molecule has 0 radical (unpaired) electrons. The zero-order valence-corrected chi connectivity index (χ0v) is 9.62. The number of hydrogen-bond acceptors (Lipinski definition) is 3.